The van der Waals surface area contributed by atoms with Crippen LogP contribution in [-0.4, -0.2) is 8.42 Å². The van der Waals surface area contributed by atoms with E-state index in [4.69, 9.17) is 2.51 Å². The molecule has 1 aromatic heterocycles. The van der Waals surface area contributed by atoms with Crippen LogP contribution in [0, 0.1) is 9.81 Å². The van der Waals surface area contributed by atoms with Gasteiger partial charge in [0, 0.05) is 6.07 Å². The Morgan fingerprint density at radius 1 is 1.18 bits per heavy atom. The summed E-state index contributed by atoms with van der Waals surface area (Å²) in [7, 11) is -3.60. The van der Waals surface area contributed by atoms with Crippen LogP contribution in [0.5, 0.6) is 0 Å². The Labute approximate surface area is 115 Å². The monoisotopic (exact) mass is 381 g/mol. The lowest BCUT2D eigenvalue weighted by Gasteiger charge is -1.96. The molecule has 2 aromatic rings. The van der Waals surface area contributed by atoms with Crippen molar-refractivity contribution in [3.63, 3.8) is 0 Å². The molecule has 0 saturated heterocycles. The van der Waals surface area contributed by atoms with E-state index in [0.717, 1.165) is 8.45 Å². The molecule has 17 heavy (non-hydrogen) atoms. The lowest BCUT2D eigenvalue weighted by molar-refractivity contribution is -0.833. The molecule has 2 rings (SSSR count). The van der Waals surface area contributed by atoms with Gasteiger partial charge in [-0.2, -0.15) is 8.42 Å². The van der Waals surface area contributed by atoms with Crippen molar-refractivity contribution >= 4 is 21.5 Å². The summed E-state index contributed by atoms with van der Waals surface area (Å²) in [4.78, 5) is 0.222. The summed E-state index contributed by atoms with van der Waals surface area (Å²) in [6.45, 7) is 1.91. The number of rotatable bonds is 4. The Bertz CT molecular complexity index is 574. The third kappa shape index (κ3) is 3.51. The molecule has 0 fully saturated rings. The number of aryl methyl sites for hydroxylation is 1. The third-order valence-electron chi connectivity index (χ3n) is 1.99. The zero-order chi connectivity index (χ0) is 12.3. The molecule has 0 amide bonds. The second-order valence-electron chi connectivity index (χ2n) is 3.32. The van der Waals surface area contributed by atoms with Crippen molar-refractivity contribution in [1.29, 1.82) is 0 Å². The molecule has 0 aliphatic rings. The van der Waals surface area contributed by atoms with Gasteiger partial charge in [0.15, 0.2) is 0 Å². The molecule has 3 nitrogen and oxygen atoms in total. The molecule has 0 saturated carbocycles. The summed E-state index contributed by atoms with van der Waals surface area (Å²) in [5, 5.41) is 1.91. The first-order valence-corrected chi connectivity index (χ1v) is 9.01. The maximum Gasteiger partial charge on any atom is 0.552 e. The maximum absolute atomic E-state index is 11.8. The average molecular weight is 381 g/mol. The molecule has 0 N–H and O–H groups in total. The van der Waals surface area contributed by atoms with E-state index < -0.39 is 31.7 Å². The van der Waals surface area contributed by atoms with E-state index in [0.29, 0.717) is 0 Å². The fourth-order valence-electron chi connectivity index (χ4n) is 1.12. The van der Waals surface area contributed by atoms with Crippen molar-refractivity contribution in [3.05, 3.63) is 50.2 Å². The van der Waals surface area contributed by atoms with Crippen LogP contribution in [0.3, 0.4) is 0 Å². The highest BCUT2D eigenvalue weighted by atomic mass is 127. The van der Waals surface area contributed by atoms with Crippen LogP contribution in [0.1, 0.15) is 5.56 Å². The fourth-order valence-corrected chi connectivity index (χ4v) is 5.77. The molecule has 0 radical (unpaired) electrons. The fraction of sp³-hybridized carbons (Fsp3) is 0.0909. The predicted octanol–water partition coefficient (Wildman–Crippen LogP) is -0.364. The highest BCUT2D eigenvalue weighted by molar-refractivity contribution is 7.86. The zero-order valence-corrected chi connectivity index (χ0v) is 12.8. The van der Waals surface area contributed by atoms with Crippen molar-refractivity contribution in [2.75, 3.05) is 0 Å². The van der Waals surface area contributed by atoms with E-state index in [9.17, 15) is 8.42 Å². The van der Waals surface area contributed by atoms with E-state index >= 15 is 0 Å². The Balaban J connectivity index is 2.11. The number of hydrogen-bond acceptors (Lipinski definition) is 4. The van der Waals surface area contributed by atoms with Gasteiger partial charge >= 0.3 is 31.7 Å². The van der Waals surface area contributed by atoms with Crippen LogP contribution in [0.25, 0.3) is 0 Å². The number of thiophene rings is 1. The number of benzene rings is 1. The highest BCUT2D eigenvalue weighted by Crippen LogP contribution is 2.10. The largest absolute Gasteiger partial charge is 0.552 e. The molecular formula is C11H10IO3S2+. The summed E-state index contributed by atoms with van der Waals surface area (Å²) in [6.07, 6.45) is 0. The van der Waals surface area contributed by atoms with Crippen LogP contribution in [0.4, 0.5) is 0 Å². The molecule has 0 spiro atoms. The second kappa shape index (κ2) is 5.47. The minimum Gasteiger partial charge on any atom is -0.190 e. The maximum atomic E-state index is 11.8. The van der Waals surface area contributed by atoms with E-state index in [2.05, 4.69) is 0 Å². The first-order chi connectivity index (χ1) is 8.08. The van der Waals surface area contributed by atoms with Crippen LogP contribution in [0.2, 0.25) is 0 Å². The average Bonchev–Trinajstić information content (AvgIpc) is 2.80. The van der Waals surface area contributed by atoms with Gasteiger partial charge in [-0.1, -0.05) is 29.0 Å². The molecule has 6 heteroatoms. The van der Waals surface area contributed by atoms with Crippen molar-refractivity contribution < 1.29 is 32.6 Å². The molecule has 0 bridgehead atoms. The summed E-state index contributed by atoms with van der Waals surface area (Å²) >= 11 is 0.592. The predicted molar refractivity (Wildman–Crippen MR) is 62.5 cm³/mol. The molecule has 0 unspecified atom stereocenters. The van der Waals surface area contributed by atoms with E-state index in [1.807, 2.05) is 24.4 Å². The molecule has 90 valence electrons. The Morgan fingerprint density at radius 2 is 1.88 bits per heavy atom. The summed E-state index contributed by atoms with van der Waals surface area (Å²) < 4.78 is 29.8. The van der Waals surface area contributed by atoms with Crippen molar-refractivity contribution in [1.82, 2.24) is 0 Å². The first-order valence-electron chi connectivity index (χ1n) is 4.76. The van der Waals surface area contributed by atoms with Gasteiger partial charge in [0.25, 0.3) is 2.88 Å². The Morgan fingerprint density at radius 3 is 2.47 bits per heavy atom. The molecule has 0 aliphatic heterocycles. The van der Waals surface area contributed by atoms with Crippen molar-refractivity contribution in [2.45, 2.75) is 11.8 Å². The van der Waals surface area contributed by atoms with Gasteiger partial charge in [-0.3, -0.25) is 0 Å². The molecule has 1 aromatic carbocycles. The molecular weight excluding hydrogens is 371 g/mol. The van der Waals surface area contributed by atoms with Crippen LogP contribution in [-0.2, 0) is 12.6 Å². The van der Waals surface area contributed by atoms with Gasteiger partial charge in [-0.25, -0.2) is 0 Å². The topological polar surface area (TPSA) is 43.4 Å². The summed E-state index contributed by atoms with van der Waals surface area (Å²) in [5.41, 5.74) is 1.02. The lowest BCUT2D eigenvalue weighted by Crippen LogP contribution is -3.61. The highest BCUT2D eigenvalue weighted by Gasteiger charge is 2.27. The molecule has 0 aliphatic carbocycles. The van der Waals surface area contributed by atoms with Gasteiger partial charge in [0.1, 0.15) is 0 Å². The summed E-state index contributed by atoms with van der Waals surface area (Å²) in [5.74, 6) is 0. The van der Waals surface area contributed by atoms with Crippen LogP contribution < -0.4 is 21.6 Å². The van der Waals surface area contributed by atoms with Gasteiger partial charge < -0.3 is 0 Å². The first kappa shape index (κ1) is 13.0. The molecule has 1 heterocycles. The van der Waals surface area contributed by atoms with E-state index in [-0.39, 0.29) is 4.90 Å². The van der Waals surface area contributed by atoms with Gasteiger partial charge in [-0.05, 0) is 33.0 Å². The smallest absolute Gasteiger partial charge is 0.190 e. The Kier molecular flexibility index (Phi) is 4.18. The SMILES string of the molecule is Cc1ccc(S(=O)(=O)O[I+]c2cccs2)cc1. The van der Waals surface area contributed by atoms with Crippen molar-refractivity contribution in [2.24, 2.45) is 0 Å². The van der Waals surface area contributed by atoms with Crippen LogP contribution >= 0.6 is 11.3 Å². The lowest BCUT2D eigenvalue weighted by atomic mass is 10.2. The van der Waals surface area contributed by atoms with Crippen LogP contribution in [0.15, 0.2) is 46.7 Å². The molecule has 0 atom stereocenters. The van der Waals surface area contributed by atoms with Gasteiger partial charge in [0.2, 0.25) is 0 Å². The van der Waals surface area contributed by atoms with Crippen molar-refractivity contribution in [3.8, 4) is 0 Å². The standard InChI is InChI=1S/C11H10IO3S2/c1-9-4-6-10(7-5-9)17(13,14)15-12-11-3-2-8-16-11/h2-8H,1H3/q+1. The zero-order valence-electron chi connectivity index (χ0n) is 8.96. The normalized spacial score (nSPS) is 11.6. The van der Waals surface area contributed by atoms with Gasteiger partial charge in [-0.15, -0.1) is 0 Å². The second-order valence-corrected chi connectivity index (χ2v) is 9.19. The number of hydrogen-bond donors (Lipinski definition) is 0. The quantitative estimate of drug-likeness (QED) is 0.680. The number of halogens is 1. The van der Waals surface area contributed by atoms with E-state index in [1.165, 1.54) is 11.3 Å². The Hall–Kier alpha value is -0.440. The summed E-state index contributed by atoms with van der Waals surface area (Å²) in [6, 6.07) is 10.5. The third-order valence-corrected chi connectivity index (χ3v) is 7.66. The van der Waals surface area contributed by atoms with E-state index in [1.54, 1.807) is 24.3 Å². The van der Waals surface area contributed by atoms with Gasteiger partial charge in [0.05, 0.1) is 4.90 Å². The minimum absolute atomic E-state index is 0.222. The minimum atomic E-state index is -3.60.